The summed E-state index contributed by atoms with van der Waals surface area (Å²) < 4.78 is 41.4. The fraction of sp³-hybridized carbons (Fsp3) is 0.613. The van der Waals surface area contributed by atoms with E-state index in [2.05, 4.69) is 60.0 Å². The fourth-order valence-electron chi connectivity index (χ4n) is 5.30. The molecule has 2 aliphatic rings. The van der Waals surface area contributed by atoms with Crippen LogP contribution in [-0.2, 0) is 0 Å². The molecule has 3 unspecified atom stereocenters. The van der Waals surface area contributed by atoms with Crippen LogP contribution in [0, 0.1) is 5.92 Å². The highest BCUT2D eigenvalue weighted by Gasteiger charge is 2.42. The second-order valence-corrected chi connectivity index (χ2v) is 11.7. The van der Waals surface area contributed by atoms with Gasteiger partial charge in [0.05, 0.1) is 17.4 Å². The van der Waals surface area contributed by atoms with Crippen molar-refractivity contribution in [1.82, 2.24) is 30.3 Å². The Balaban J connectivity index is 0.000000575. The molecule has 2 fully saturated rings. The molecule has 3 atom stereocenters. The van der Waals surface area contributed by atoms with Gasteiger partial charge in [-0.25, -0.2) is 4.98 Å². The van der Waals surface area contributed by atoms with E-state index >= 15 is 0 Å². The highest BCUT2D eigenvalue weighted by molar-refractivity contribution is 5.59. The number of pyridine rings is 1. The van der Waals surface area contributed by atoms with Gasteiger partial charge >= 0.3 is 6.18 Å². The van der Waals surface area contributed by atoms with E-state index in [9.17, 15) is 13.2 Å². The Bertz CT molecular complexity index is 1120. The van der Waals surface area contributed by atoms with Crippen molar-refractivity contribution in [3.8, 4) is 0 Å². The Labute approximate surface area is 243 Å². The summed E-state index contributed by atoms with van der Waals surface area (Å²) in [5.41, 5.74) is 3.21. The van der Waals surface area contributed by atoms with Crippen LogP contribution in [0.1, 0.15) is 90.1 Å². The van der Waals surface area contributed by atoms with E-state index in [1.165, 1.54) is 32.1 Å². The van der Waals surface area contributed by atoms with Crippen LogP contribution in [0.4, 0.5) is 19.0 Å². The molecular formula is C31H48F3N7. The van der Waals surface area contributed by atoms with Crippen molar-refractivity contribution in [2.24, 2.45) is 5.92 Å². The predicted octanol–water partition coefficient (Wildman–Crippen LogP) is 6.92. The van der Waals surface area contributed by atoms with Crippen molar-refractivity contribution in [2.75, 3.05) is 25.0 Å². The Morgan fingerprint density at radius 3 is 2.39 bits per heavy atom. The zero-order valence-electron chi connectivity index (χ0n) is 25.3. The number of hydrogen-bond donors (Lipinski definition) is 3. The molecule has 0 spiro atoms. The smallest absolute Gasteiger partial charge is 0.376 e. The maximum atomic E-state index is 13.2. The number of halogens is 3. The molecule has 0 bridgehead atoms. The van der Waals surface area contributed by atoms with Gasteiger partial charge in [0.25, 0.3) is 0 Å². The Hall–Kier alpha value is -2.85. The van der Waals surface area contributed by atoms with Crippen molar-refractivity contribution in [2.45, 2.75) is 97.1 Å². The third kappa shape index (κ3) is 9.60. The molecule has 3 heterocycles. The van der Waals surface area contributed by atoms with Gasteiger partial charge in [0.15, 0.2) is 0 Å². The van der Waals surface area contributed by atoms with Gasteiger partial charge in [-0.1, -0.05) is 52.2 Å². The van der Waals surface area contributed by atoms with E-state index < -0.39 is 12.2 Å². The molecule has 1 saturated heterocycles. The summed E-state index contributed by atoms with van der Waals surface area (Å²) in [6, 6.07) is 3.94. The normalized spacial score (nSPS) is 20.1. The first kappa shape index (κ1) is 32.7. The Kier molecular flexibility index (Phi) is 11.8. The van der Waals surface area contributed by atoms with E-state index in [4.69, 9.17) is 0 Å². The second-order valence-electron chi connectivity index (χ2n) is 11.7. The van der Waals surface area contributed by atoms with Crippen molar-refractivity contribution in [1.29, 1.82) is 0 Å². The van der Waals surface area contributed by atoms with Crippen molar-refractivity contribution in [3.05, 3.63) is 60.7 Å². The van der Waals surface area contributed by atoms with Gasteiger partial charge in [0, 0.05) is 49.8 Å². The van der Waals surface area contributed by atoms with Crippen LogP contribution in [0.15, 0.2) is 49.4 Å². The minimum absolute atomic E-state index is 0.0848. The van der Waals surface area contributed by atoms with Crippen molar-refractivity contribution >= 4 is 11.5 Å². The van der Waals surface area contributed by atoms with Gasteiger partial charge < -0.3 is 16.0 Å². The maximum absolute atomic E-state index is 13.2. The first-order chi connectivity index (χ1) is 19.4. The van der Waals surface area contributed by atoms with Gasteiger partial charge in [-0.2, -0.15) is 18.3 Å². The summed E-state index contributed by atoms with van der Waals surface area (Å²) in [5.74, 6) is 1.62. The van der Waals surface area contributed by atoms with Crippen LogP contribution >= 0.6 is 0 Å². The Morgan fingerprint density at radius 2 is 1.78 bits per heavy atom. The van der Waals surface area contributed by atoms with E-state index in [1.807, 2.05) is 41.6 Å². The summed E-state index contributed by atoms with van der Waals surface area (Å²) in [6.07, 6.45) is 6.57. The number of rotatable bonds is 9. The van der Waals surface area contributed by atoms with Crippen LogP contribution in [0.2, 0.25) is 0 Å². The number of alkyl halides is 3. The predicted molar refractivity (Wildman–Crippen MR) is 161 cm³/mol. The summed E-state index contributed by atoms with van der Waals surface area (Å²) >= 11 is 0. The average Bonchev–Trinajstić information content (AvgIpc) is 3.44. The zero-order valence-corrected chi connectivity index (χ0v) is 25.3. The first-order valence-corrected chi connectivity index (χ1v) is 14.8. The van der Waals surface area contributed by atoms with Gasteiger partial charge in [0.2, 0.25) is 0 Å². The highest BCUT2D eigenvalue weighted by Crippen LogP contribution is 2.28. The Morgan fingerprint density at radius 1 is 1.07 bits per heavy atom. The largest absolute Gasteiger partial charge is 0.405 e. The maximum Gasteiger partial charge on any atom is 0.405 e. The van der Waals surface area contributed by atoms with Gasteiger partial charge in [-0.05, 0) is 57.4 Å². The lowest BCUT2D eigenvalue weighted by Gasteiger charge is -2.38. The molecule has 7 nitrogen and oxygen atoms in total. The number of nitrogens with one attached hydrogen (secondary N) is 3. The van der Waals surface area contributed by atoms with Gasteiger partial charge in [-0.15, -0.1) is 0 Å². The van der Waals surface area contributed by atoms with E-state index in [1.54, 1.807) is 12.4 Å². The lowest BCUT2D eigenvalue weighted by Crippen LogP contribution is -2.57. The molecule has 3 N–H and O–H groups in total. The van der Waals surface area contributed by atoms with E-state index in [0.29, 0.717) is 24.6 Å². The molecule has 41 heavy (non-hydrogen) atoms. The van der Waals surface area contributed by atoms with E-state index in [-0.39, 0.29) is 24.7 Å². The number of anilines is 1. The molecule has 2 aromatic rings. The second kappa shape index (κ2) is 14.9. The topological polar surface area (TPSA) is 70.0 Å². The van der Waals surface area contributed by atoms with Crippen LogP contribution < -0.4 is 16.0 Å². The SMILES string of the molecule is C=C(NC(C)C(=C)Nc1cc(C(C)N2CCNC(C(F)(F)F)C2)ccn1)c1ccnn1C(C)C.CC1CCCCC1. The molecule has 1 aliphatic heterocycles. The number of piperazine rings is 1. The van der Waals surface area contributed by atoms with Gasteiger partial charge in [0.1, 0.15) is 11.9 Å². The quantitative estimate of drug-likeness (QED) is 0.302. The first-order valence-electron chi connectivity index (χ1n) is 14.8. The van der Waals surface area contributed by atoms with Crippen LogP contribution in [-0.4, -0.2) is 57.6 Å². The number of aromatic nitrogens is 3. The summed E-state index contributed by atoms with van der Waals surface area (Å²) in [5, 5.41) is 13.5. The average molecular weight is 576 g/mol. The van der Waals surface area contributed by atoms with Crippen molar-refractivity contribution in [3.63, 3.8) is 0 Å². The molecule has 0 aromatic carbocycles. The van der Waals surface area contributed by atoms with Crippen LogP contribution in [0.3, 0.4) is 0 Å². The van der Waals surface area contributed by atoms with Crippen LogP contribution in [0.25, 0.3) is 5.70 Å². The minimum atomic E-state index is -4.26. The van der Waals surface area contributed by atoms with Crippen molar-refractivity contribution < 1.29 is 13.2 Å². The molecule has 0 amide bonds. The number of nitrogens with zero attached hydrogens (tertiary/aromatic N) is 4. The molecule has 4 rings (SSSR count). The lowest BCUT2D eigenvalue weighted by molar-refractivity contribution is -0.166. The summed E-state index contributed by atoms with van der Waals surface area (Å²) in [4.78, 5) is 6.20. The third-order valence-electron chi connectivity index (χ3n) is 7.98. The fourth-order valence-corrected chi connectivity index (χ4v) is 5.30. The number of hydrogen-bond acceptors (Lipinski definition) is 6. The zero-order chi connectivity index (χ0) is 30.2. The summed E-state index contributed by atoms with van der Waals surface area (Å²) in [7, 11) is 0. The minimum Gasteiger partial charge on any atom is -0.376 e. The standard InChI is InChI=1S/C24H34F3N7.C7H14/c1-15(2)34-21(8-10-30-34)18(5)31-16(3)17(4)32-23-13-20(7-9-29-23)19(6)33-12-11-28-22(14-33)24(25,26)27;1-7-5-3-2-4-6-7/h7-10,13,15-16,19,22,28,31H,4-5,11-12,14H2,1-3,6H3,(H,29,32);7H,2-6H2,1H3. The molecule has 10 heteroatoms. The molecule has 1 saturated carbocycles. The lowest BCUT2D eigenvalue weighted by atomic mass is 9.91. The molecule has 1 aliphatic carbocycles. The summed E-state index contributed by atoms with van der Waals surface area (Å²) in [6.45, 7) is 19.4. The molecule has 228 valence electrons. The van der Waals surface area contributed by atoms with Crippen LogP contribution in [0.5, 0.6) is 0 Å². The van der Waals surface area contributed by atoms with Gasteiger partial charge in [-0.3, -0.25) is 9.58 Å². The molecule has 0 radical (unpaired) electrons. The third-order valence-corrected chi connectivity index (χ3v) is 7.98. The molecular weight excluding hydrogens is 527 g/mol. The molecule has 2 aromatic heterocycles. The monoisotopic (exact) mass is 575 g/mol. The highest BCUT2D eigenvalue weighted by atomic mass is 19.4. The van der Waals surface area contributed by atoms with E-state index in [0.717, 1.165) is 22.9 Å².